The number of nitrogens with one attached hydrogen (secondary N) is 2. The number of rotatable bonds is 26. The van der Waals surface area contributed by atoms with Crippen LogP contribution in [0.5, 0.6) is 17.2 Å². The fourth-order valence-corrected chi connectivity index (χ4v) is 17.8. The summed E-state index contributed by atoms with van der Waals surface area (Å²) in [7, 11) is 1.62. The lowest BCUT2D eigenvalue weighted by Crippen LogP contribution is -2.54. The van der Waals surface area contributed by atoms with Crippen molar-refractivity contribution in [2.24, 2.45) is 51.3 Å². The van der Waals surface area contributed by atoms with E-state index in [1.54, 1.807) is 46.0 Å². The van der Waals surface area contributed by atoms with Gasteiger partial charge in [-0.05, 0) is 162 Å². The number of thioether (sulfide) groups is 1. The average Bonchev–Trinajstić information content (AvgIpc) is 1.83. The van der Waals surface area contributed by atoms with Gasteiger partial charge in [0, 0.05) is 91.3 Å². The Bertz CT molecular complexity index is 3110. The summed E-state index contributed by atoms with van der Waals surface area (Å²) >= 11 is 2.64. The number of hydrogen-bond donors (Lipinski definition) is 7. The fourth-order valence-electron chi connectivity index (χ4n) is 15.7. The maximum atomic E-state index is 13.9. The number of aromatic nitrogens is 1. The second-order valence-electron chi connectivity index (χ2n) is 26.6. The molecule has 85 heavy (non-hydrogen) atoms. The molecule has 4 amide bonds. The molecule has 0 bridgehead atoms. The van der Waals surface area contributed by atoms with Crippen LogP contribution in [0.15, 0.2) is 23.2 Å². The molecule has 3 aromatic rings. The Morgan fingerprint density at radius 2 is 1.60 bits per heavy atom. The molecule has 11 atom stereocenters. The number of phenolic OH excluding ortho intramolecular Hbond substituents is 2. The number of thiazole rings is 1. The quantitative estimate of drug-likeness (QED) is 0.0292. The van der Waals surface area contributed by atoms with Gasteiger partial charge in [0.1, 0.15) is 33.3 Å². The number of aliphatic imine (C=N–C) groups is 1. The Labute approximate surface area is 508 Å². The Hall–Kier alpha value is -5.73. The van der Waals surface area contributed by atoms with E-state index in [-0.39, 0.29) is 95.8 Å². The zero-order valence-electron chi connectivity index (χ0n) is 51.0. The normalized spacial score (nSPS) is 26.1. The van der Waals surface area contributed by atoms with E-state index in [1.807, 2.05) is 0 Å². The maximum absolute atomic E-state index is 13.9. The number of nitrogens with zero attached hydrogens (tertiary/aromatic N) is 4. The largest absolute Gasteiger partial charge is 0.507 e. The summed E-state index contributed by atoms with van der Waals surface area (Å²) in [6.07, 6.45) is 13.8. The number of aliphatic carboxylic acids is 2. The number of hydrogen-bond acceptors (Lipinski definition) is 14. The van der Waals surface area contributed by atoms with Crippen LogP contribution in [0.1, 0.15) is 173 Å². The smallest absolute Gasteiger partial charge is 0.415 e. The van der Waals surface area contributed by atoms with E-state index < -0.39 is 35.5 Å². The molecule has 8 rings (SSSR count). The number of aliphatic hydroxyl groups is 1. The second kappa shape index (κ2) is 27.5. The number of carbonyl (C=O) groups is 6. The zero-order chi connectivity index (χ0) is 61.7. The number of carboxylic acid groups (broad SMARTS) is 2. The summed E-state index contributed by atoms with van der Waals surface area (Å²) in [6, 6.07) is 3.19. The van der Waals surface area contributed by atoms with E-state index in [1.165, 1.54) is 71.4 Å². The van der Waals surface area contributed by atoms with E-state index in [4.69, 9.17) is 4.74 Å². The molecule has 11 unspecified atom stereocenters. The Morgan fingerprint density at radius 3 is 2.33 bits per heavy atom. The van der Waals surface area contributed by atoms with Gasteiger partial charge in [-0.25, -0.2) is 19.4 Å². The van der Waals surface area contributed by atoms with Crippen LogP contribution in [0.3, 0.4) is 0 Å². The molecule has 466 valence electrons. The van der Waals surface area contributed by atoms with Crippen LogP contribution in [0.25, 0.3) is 23.4 Å². The number of carboxylic acids is 2. The molecule has 0 radical (unpaired) electrons. The Morgan fingerprint density at radius 1 is 0.859 bits per heavy atom. The number of ether oxygens (including phenoxy) is 1. The number of likely N-dealkylation sites (N-methyl/N-ethyl adjacent to an activating group) is 1. The number of unbranched alkanes of at least 4 members (excludes halogenated alkanes) is 3. The van der Waals surface area contributed by atoms with Crippen molar-refractivity contribution in [3.05, 3.63) is 44.8 Å². The Balaban J connectivity index is 0.768. The lowest BCUT2D eigenvalue weighted by molar-refractivity contribution is -0.142. The second-order valence-corrected chi connectivity index (χ2v) is 28.6. The summed E-state index contributed by atoms with van der Waals surface area (Å²) in [5, 5.41) is 59.0. The van der Waals surface area contributed by atoms with Gasteiger partial charge in [0.05, 0.1) is 16.3 Å². The summed E-state index contributed by atoms with van der Waals surface area (Å²) < 4.78 is 6.62. The molecule has 1 aromatic heterocycles. The number of fused-ring (bicyclic) bond motifs is 6. The van der Waals surface area contributed by atoms with Gasteiger partial charge in [-0.1, -0.05) is 54.2 Å². The van der Waals surface area contributed by atoms with Crippen molar-refractivity contribution in [3.63, 3.8) is 0 Å². The van der Waals surface area contributed by atoms with Gasteiger partial charge < -0.3 is 50.7 Å². The van der Waals surface area contributed by atoms with Gasteiger partial charge in [-0.3, -0.25) is 19.4 Å². The summed E-state index contributed by atoms with van der Waals surface area (Å²) in [4.78, 5) is 89.6. The van der Waals surface area contributed by atoms with Gasteiger partial charge in [-0.15, -0.1) is 23.1 Å². The van der Waals surface area contributed by atoms with E-state index in [0.29, 0.717) is 111 Å². The fraction of sp³-hybridized carbons (Fsp3) is 0.662. The first-order valence-electron chi connectivity index (χ1n) is 31.0. The van der Waals surface area contributed by atoms with Crippen molar-refractivity contribution < 1.29 is 59.0 Å². The molecule has 4 fully saturated rings. The van der Waals surface area contributed by atoms with E-state index >= 15 is 0 Å². The van der Waals surface area contributed by atoms with E-state index in [9.17, 15) is 54.3 Å². The predicted molar refractivity (Wildman–Crippen MR) is 332 cm³/mol. The third-order valence-corrected chi connectivity index (χ3v) is 22.9. The number of amides is 4. The lowest BCUT2D eigenvalue weighted by atomic mass is 9.44. The van der Waals surface area contributed by atoms with Crippen LogP contribution in [0.2, 0.25) is 0 Å². The molecule has 5 aliphatic rings. The van der Waals surface area contributed by atoms with E-state index in [2.05, 4.69) is 54.5 Å². The third kappa shape index (κ3) is 14.8. The molecular weight excluding hydrogens is 1120 g/mol. The summed E-state index contributed by atoms with van der Waals surface area (Å²) in [5.74, 6) is 1.37. The van der Waals surface area contributed by atoms with Crippen molar-refractivity contribution in [1.29, 1.82) is 0 Å². The van der Waals surface area contributed by atoms with Crippen molar-refractivity contribution in [3.8, 4) is 17.2 Å². The standard InChI is InChI=1S/C65H92N6O12S2/c1-37(45-21-22-46-44-20-18-41-33-42(72)25-27-64(41,7)47(44)26-28-65(45,46)8)17-24-53(74)67-49(60(78)79)15-12-13-29-66-52(73)16-11-10-14-30-71(32-31-70(9)54(75)35-63(5,6)55-40(4)56(76)38(2)39(3)57(55)77)62(82)83-43-19-23-48-51(34-43)85-59(68-48)58-69-50(36-84-58)61(80)81/h19,23,34,37,41-42,44-47,49-50,72,76-77H,3-4,10-18,20-22,24-33,35-36H2,1-2,5-9H3,(H,66,73)(H,67,74)(H,78,79)(H,80,81). The number of carbonyl (C=O) groups excluding carboxylic acids is 4. The molecule has 2 aromatic carbocycles. The van der Waals surface area contributed by atoms with Gasteiger partial charge in [0.15, 0.2) is 6.04 Å². The van der Waals surface area contributed by atoms with Gasteiger partial charge in [0.2, 0.25) is 17.7 Å². The monoisotopic (exact) mass is 1210 g/mol. The maximum Gasteiger partial charge on any atom is 0.415 e. The average molecular weight is 1210 g/mol. The van der Waals surface area contributed by atoms with E-state index in [0.717, 1.165) is 37.5 Å². The van der Waals surface area contributed by atoms with Crippen LogP contribution >= 0.6 is 23.1 Å². The van der Waals surface area contributed by atoms with Crippen molar-refractivity contribution in [2.45, 2.75) is 187 Å². The number of phenols is 2. The first-order valence-corrected chi connectivity index (χ1v) is 32.8. The van der Waals surface area contributed by atoms with Crippen molar-refractivity contribution >= 4 is 87.3 Å². The highest BCUT2D eigenvalue weighted by Gasteiger charge is 2.60. The minimum atomic E-state index is -1.07. The predicted octanol–water partition coefficient (Wildman–Crippen LogP) is 9.26. The lowest BCUT2D eigenvalue weighted by Gasteiger charge is -2.61. The molecule has 2 heterocycles. The molecular formula is C65H92N6O12S2. The van der Waals surface area contributed by atoms with Crippen LogP contribution in [-0.2, 0) is 29.4 Å². The third-order valence-electron chi connectivity index (χ3n) is 20.7. The van der Waals surface area contributed by atoms with Crippen molar-refractivity contribution in [2.75, 3.05) is 39.0 Å². The topological polar surface area (TPSA) is 269 Å². The van der Waals surface area contributed by atoms with Crippen LogP contribution in [0, 0.1) is 53.3 Å². The Kier molecular flexibility index (Phi) is 21.1. The highest BCUT2D eigenvalue weighted by atomic mass is 32.2. The summed E-state index contributed by atoms with van der Waals surface area (Å²) in [5.41, 5.74) is 1.01. The molecule has 0 spiro atoms. The van der Waals surface area contributed by atoms with Crippen molar-refractivity contribution in [1.82, 2.24) is 25.4 Å². The summed E-state index contributed by atoms with van der Waals surface area (Å²) in [6.45, 7) is 21.3. The van der Waals surface area contributed by atoms with Gasteiger partial charge in [-0.2, -0.15) is 0 Å². The zero-order valence-corrected chi connectivity index (χ0v) is 52.6. The number of aliphatic hydroxyl groups excluding tert-OH is 1. The molecule has 1 aliphatic heterocycles. The van der Waals surface area contributed by atoms with Crippen LogP contribution < -0.4 is 25.8 Å². The molecule has 7 N–H and O–H groups in total. The highest BCUT2D eigenvalue weighted by molar-refractivity contribution is 8.15. The molecule has 0 saturated heterocycles. The van der Waals surface area contributed by atoms with Crippen LogP contribution in [-0.4, -0.2) is 138 Å². The number of benzene rings is 2. The molecule has 20 heteroatoms. The van der Waals surface area contributed by atoms with Gasteiger partial charge in [0.25, 0.3) is 0 Å². The minimum absolute atomic E-state index is 0.0517. The first-order chi connectivity index (χ1) is 40.2. The number of aromatic hydroxyl groups is 2. The van der Waals surface area contributed by atoms with Crippen LogP contribution in [0.4, 0.5) is 4.79 Å². The van der Waals surface area contributed by atoms with Gasteiger partial charge >= 0.3 is 18.0 Å². The molecule has 4 saturated carbocycles. The SMILES string of the molecule is C=c1c(C)c(O)c(=C)c(C(C)(C)CC(=O)N(C)CCN(CCCCCC(=O)NCCCCC(NC(=O)CCC(C)C2CCC3C4CCC5CC(O)CCC5(C)C4CCC23C)C(=O)O)C(=O)Oc2ccc3nc(C4=NC(C(=O)O)CS4)sc3c2)c1O. The minimum Gasteiger partial charge on any atom is -0.507 e. The highest BCUT2D eigenvalue weighted by Crippen LogP contribution is 2.68. The molecule has 18 nitrogen and oxygen atoms in total. The first kappa shape index (κ1) is 65.2. The molecule has 4 aliphatic carbocycles.